The largest absolute Gasteiger partial charge is 0.377 e. The van der Waals surface area contributed by atoms with E-state index in [2.05, 4.69) is 33.5 Å². The van der Waals surface area contributed by atoms with E-state index in [1.807, 2.05) is 32.3 Å². The van der Waals surface area contributed by atoms with Crippen LogP contribution < -0.4 is 4.90 Å². The van der Waals surface area contributed by atoms with Gasteiger partial charge in [0.1, 0.15) is 0 Å². The highest BCUT2D eigenvalue weighted by atomic mass is 79.9. The fourth-order valence-corrected chi connectivity index (χ4v) is 1.64. The second-order valence-electron chi connectivity index (χ2n) is 2.77. The van der Waals surface area contributed by atoms with Gasteiger partial charge in [-0.2, -0.15) is 0 Å². The molecule has 0 aliphatic rings. The molecule has 1 rings (SSSR count). The summed E-state index contributed by atoms with van der Waals surface area (Å²) in [7, 11) is 4.05. The Balaban J connectivity index is 3.27. The summed E-state index contributed by atoms with van der Waals surface area (Å²) >= 11 is 3.48. The van der Waals surface area contributed by atoms with Crippen molar-refractivity contribution >= 4 is 27.7 Å². The molecular formula is C10H12BrN. The number of hydrogen-bond acceptors (Lipinski definition) is 1. The smallest absolute Gasteiger partial charge is 0.0445 e. The molecule has 1 aromatic carbocycles. The SMILES string of the molecule is C=Cc1c(Br)cccc1N(C)C. The molecule has 0 spiro atoms. The van der Waals surface area contributed by atoms with Crippen molar-refractivity contribution in [2.45, 2.75) is 0 Å². The first-order valence-electron chi connectivity index (χ1n) is 3.75. The van der Waals surface area contributed by atoms with Crippen molar-refractivity contribution < 1.29 is 0 Å². The van der Waals surface area contributed by atoms with Crippen molar-refractivity contribution in [2.24, 2.45) is 0 Å². The lowest BCUT2D eigenvalue weighted by Gasteiger charge is -2.16. The van der Waals surface area contributed by atoms with Crippen molar-refractivity contribution in [3.63, 3.8) is 0 Å². The minimum Gasteiger partial charge on any atom is -0.377 e. The summed E-state index contributed by atoms with van der Waals surface area (Å²) in [5.74, 6) is 0. The molecule has 0 aliphatic carbocycles. The van der Waals surface area contributed by atoms with E-state index in [4.69, 9.17) is 0 Å². The van der Waals surface area contributed by atoms with Crippen molar-refractivity contribution in [1.82, 2.24) is 0 Å². The lowest BCUT2D eigenvalue weighted by atomic mass is 10.1. The van der Waals surface area contributed by atoms with Gasteiger partial charge in [-0.3, -0.25) is 0 Å². The summed E-state index contributed by atoms with van der Waals surface area (Å²) < 4.78 is 1.09. The number of anilines is 1. The third-order valence-electron chi connectivity index (χ3n) is 1.72. The van der Waals surface area contributed by atoms with Crippen LogP contribution in [0, 0.1) is 0 Å². The Morgan fingerprint density at radius 1 is 1.42 bits per heavy atom. The van der Waals surface area contributed by atoms with Crippen LogP contribution in [-0.4, -0.2) is 14.1 Å². The van der Waals surface area contributed by atoms with Gasteiger partial charge in [0.15, 0.2) is 0 Å². The summed E-state index contributed by atoms with van der Waals surface area (Å²) in [6.45, 7) is 3.78. The highest BCUT2D eigenvalue weighted by Crippen LogP contribution is 2.27. The Morgan fingerprint density at radius 3 is 2.50 bits per heavy atom. The number of nitrogens with zero attached hydrogens (tertiary/aromatic N) is 1. The van der Waals surface area contributed by atoms with Gasteiger partial charge in [0.25, 0.3) is 0 Å². The molecule has 0 radical (unpaired) electrons. The van der Waals surface area contributed by atoms with E-state index in [1.54, 1.807) is 0 Å². The number of halogens is 1. The maximum Gasteiger partial charge on any atom is 0.0445 e. The second kappa shape index (κ2) is 3.76. The summed E-state index contributed by atoms with van der Waals surface area (Å²) in [5, 5.41) is 0. The first kappa shape index (κ1) is 9.33. The summed E-state index contributed by atoms with van der Waals surface area (Å²) in [6.07, 6.45) is 1.86. The van der Waals surface area contributed by atoms with E-state index in [-0.39, 0.29) is 0 Å². The fraction of sp³-hybridized carbons (Fsp3) is 0.200. The van der Waals surface area contributed by atoms with Crippen LogP contribution in [0.4, 0.5) is 5.69 Å². The molecule has 0 saturated heterocycles. The molecule has 12 heavy (non-hydrogen) atoms. The predicted octanol–water partition coefficient (Wildman–Crippen LogP) is 3.16. The van der Waals surface area contributed by atoms with Crippen molar-refractivity contribution in [2.75, 3.05) is 19.0 Å². The standard InChI is InChI=1S/C10H12BrN/c1-4-8-9(11)6-5-7-10(8)12(2)3/h4-7H,1H2,2-3H3. The maximum absolute atomic E-state index is 3.78. The van der Waals surface area contributed by atoms with E-state index in [1.165, 1.54) is 5.69 Å². The zero-order chi connectivity index (χ0) is 9.14. The molecule has 1 nitrogen and oxygen atoms in total. The number of hydrogen-bond donors (Lipinski definition) is 0. The van der Waals surface area contributed by atoms with Crippen LogP contribution in [0.1, 0.15) is 5.56 Å². The van der Waals surface area contributed by atoms with Crippen LogP contribution in [0.15, 0.2) is 29.3 Å². The normalized spacial score (nSPS) is 9.58. The maximum atomic E-state index is 3.78. The molecule has 0 saturated carbocycles. The van der Waals surface area contributed by atoms with Gasteiger partial charge in [0.05, 0.1) is 0 Å². The van der Waals surface area contributed by atoms with Gasteiger partial charge in [0.2, 0.25) is 0 Å². The van der Waals surface area contributed by atoms with Crippen molar-refractivity contribution in [1.29, 1.82) is 0 Å². The molecule has 0 unspecified atom stereocenters. The monoisotopic (exact) mass is 225 g/mol. The van der Waals surface area contributed by atoms with Crippen LogP contribution in [0.3, 0.4) is 0 Å². The van der Waals surface area contributed by atoms with E-state index < -0.39 is 0 Å². The van der Waals surface area contributed by atoms with Crippen LogP contribution in [0.5, 0.6) is 0 Å². The Bertz CT molecular complexity index is 292. The number of benzene rings is 1. The molecule has 0 aliphatic heterocycles. The molecule has 2 heteroatoms. The van der Waals surface area contributed by atoms with E-state index >= 15 is 0 Å². The van der Waals surface area contributed by atoms with E-state index in [9.17, 15) is 0 Å². The van der Waals surface area contributed by atoms with Crippen LogP contribution in [-0.2, 0) is 0 Å². The second-order valence-corrected chi connectivity index (χ2v) is 3.63. The lowest BCUT2D eigenvalue weighted by molar-refractivity contribution is 1.13. The molecule has 0 fully saturated rings. The summed E-state index contributed by atoms with van der Waals surface area (Å²) in [5.41, 5.74) is 2.32. The van der Waals surface area contributed by atoms with Gasteiger partial charge in [0, 0.05) is 29.8 Å². The average Bonchev–Trinajstić information content (AvgIpc) is 2.03. The molecule has 64 valence electrons. The fourth-order valence-electron chi connectivity index (χ4n) is 1.12. The van der Waals surface area contributed by atoms with Crippen molar-refractivity contribution in [3.05, 3.63) is 34.8 Å². The molecule has 0 aromatic heterocycles. The minimum absolute atomic E-state index is 1.09. The summed E-state index contributed by atoms with van der Waals surface area (Å²) in [6, 6.07) is 6.11. The quantitative estimate of drug-likeness (QED) is 0.748. The van der Waals surface area contributed by atoms with Crippen LogP contribution in [0.2, 0.25) is 0 Å². The molecule has 0 atom stereocenters. The van der Waals surface area contributed by atoms with Gasteiger partial charge in [-0.25, -0.2) is 0 Å². The zero-order valence-corrected chi connectivity index (χ0v) is 8.93. The molecular weight excluding hydrogens is 214 g/mol. The topological polar surface area (TPSA) is 3.24 Å². The van der Waals surface area contributed by atoms with Gasteiger partial charge < -0.3 is 4.90 Å². The number of rotatable bonds is 2. The van der Waals surface area contributed by atoms with E-state index in [0.29, 0.717) is 0 Å². The molecule has 0 bridgehead atoms. The van der Waals surface area contributed by atoms with Crippen LogP contribution in [0.25, 0.3) is 6.08 Å². The van der Waals surface area contributed by atoms with Gasteiger partial charge in [-0.05, 0) is 12.1 Å². The van der Waals surface area contributed by atoms with E-state index in [0.717, 1.165) is 10.0 Å². The first-order valence-corrected chi connectivity index (χ1v) is 4.54. The van der Waals surface area contributed by atoms with Gasteiger partial charge >= 0.3 is 0 Å². The third kappa shape index (κ3) is 1.69. The molecule has 0 N–H and O–H groups in total. The van der Waals surface area contributed by atoms with Gasteiger partial charge in [-0.15, -0.1) is 0 Å². The highest BCUT2D eigenvalue weighted by molar-refractivity contribution is 9.10. The molecule has 1 aromatic rings. The third-order valence-corrected chi connectivity index (χ3v) is 2.41. The molecule has 0 amide bonds. The Morgan fingerprint density at radius 2 is 2.08 bits per heavy atom. The Kier molecular flexibility index (Phi) is 2.93. The van der Waals surface area contributed by atoms with Gasteiger partial charge in [-0.1, -0.05) is 34.7 Å². The predicted molar refractivity (Wildman–Crippen MR) is 58.6 cm³/mol. The average molecular weight is 226 g/mol. The Hall–Kier alpha value is -0.760. The van der Waals surface area contributed by atoms with Crippen molar-refractivity contribution in [3.8, 4) is 0 Å². The Labute approximate surface area is 81.8 Å². The minimum atomic E-state index is 1.09. The molecule has 0 heterocycles. The first-order chi connectivity index (χ1) is 5.66. The highest BCUT2D eigenvalue weighted by Gasteiger charge is 2.03. The lowest BCUT2D eigenvalue weighted by Crippen LogP contribution is -2.10. The van der Waals surface area contributed by atoms with Crippen LogP contribution >= 0.6 is 15.9 Å². The zero-order valence-electron chi connectivity index (χ0n) is 7.34. The summed E-state index contributed by atoms with van der Waals surface area (Å²) in [4.78, 5) is 2.07.